The van der Waals surface area contributed by atoms with Gasteiger partial charge in [-0.15, -0.1) is 0 Å². The van der Waals surface area contributed by atoms with Crippen molar-refractivity contribution in [1.29, 1.82) is 0 Å². The molecule has 0 unspecified atom stereocenters. The number of nitrogens with one attached hydrogen (secondary N) is 1. The van der Waals surface area contributed by atoms with Gasteiger partial charge < -0.3 is 9.79 Å². The van der Waals surface area contributed by atoms with Crippen LogP contribution in [0.1, 0.15) is 11.3 Å². The quantitative estimate of drug-likeness (QED) is 0.677. The highest BCUT2D eigenvalue weighted by Crippen LogP contribution is 2.55. The van der Waals surface area contributed by atoms with Gasteiger partial charge in [0.1, 0.15) is 5.82 Å². The third kappa shape index (κ3) is 3.53. The number of rotatable bonds is 3. The Morgan fingerprint density at radius 2 is 1.89 bits per heavy atom. The van der Waals surface area contributed by atoms with E-state index in [0.29, 0.717) is 29.4 Å². The number of hydrogen-bond acceptors (Lipinski definition) is 4. The molecule has 0 atom stereocenters. The number of H-pyrrole nitrogens is 1. The predicted molar refractivity (Wildman–Crippen MR) is 108 cm³/mol. The summed E-state index contributed by atoms with van der Waals surface area (Å²) in [5.74, 6) is -0.335. The molecule has 5 nitrogen and oxygen atoms in total. The van der Waals surface area contributed by atoms with E-state index < -0.39 is 7.49 Å². The number of benzene rings is 2. The van der Waals surface area contributed by atoms with Gasteiger partial charge in [-0.2, -0.15) is 5.10 Å². The summed E-state index contributed by atoms with van der Waals surface area (Å²) in [7, 11) is -0.456. The Morgan fingerprint density at radius 1 is 1.19 bits per heavy atom. The average Bonchev–Trinajstić information content (AvgIpc) is 2.68. The lowest BCUT2D eigenvalue weighted by Crippen LogP contribution is -2.37. The maximum absolute atomic E-state index is 14.5. The van der Waals surface area contributed by atoms with E-state index in [1.807, 2.05) is 25.2 Å². The Labute approximate surface area is 157 Å². The second kappa shape index (κ2) is 7.12. The first-order valence-corrected chi connectivity index (χ1v) is 11.1. The van der Waals surface area contributed by atoms with E-state index >= 15 is 0 Å². The molecule has 0 saturated carbocycles. The molecule has 1 fully saturated rings. The van der Waals surface area contributed by atoms with Gasteiger partial charge in [0.2, 0.25) is 0 Å². The van der Waals surface area contributed by atoms with Crippen molar-refractivity contribution < 1.29 is 9.28 Å². The summed E-state index contributed by atoms with van der Waals surface area (Å²) in [6.07, 6.45) is 1.69. The molecule has 0 bridgehead atoms. The van der Waals surface area contributed by atoms with Crippen LogP contribution < -0.4 is 10.9 Å². The minimum Gasteiger partial charge on any atom is -0.375 e. The van der Waals surface area contributed by atoms with Crippen molar-refractivity contribution in [3.8, 4) is 0 Å². The van der Waals surface area contributed by atoms with Gasteiger partial charge in [0, 0.05) is 50.0 Å². The highest BCUT2D eigenvalue weighted by Gasteiger charge is 2.33. The molecule has 0 amide bonds. The second-order valence-electron chi connectivity index (χ2n) is 7.18. The molecule has 0 aliphatic carbocycles. The van der Waals surface area contributed by atoms with Crippen LogP contribution in [0.4, 0.5) is 4.39 Å². The fraction of sp³-hybridized carbons (Fsp3) is 0.300. The number of fused-ring (bicyclic) bond motifs is 1. The zero-order valence-electron chi connectivity index (χ0n) is 15.2. The van der Waals surface area contributed by atoms with E-state index in [1.54, 1.807) is 18.2 Å². The first-order valence-electron chi connectivity index (χ1n) is 9.00. The van der Waals surface area contributed by atoms with Gasteiger partial charge in [-0.05, 0) is 30.8 Å². The van der Waals surface area contributed by atoms with Gasteiger partial charge in [-0.3, -0.25) is 4.79 Å². The normalized spacial score (nSPS) is 17.3. The first-order chi connectivity index (χ1) is 13.0. The van der Waals surface area contributed by atoms with E-state index in [-0.39, 0.29) is 11.4 Å². The minimum atomic E-state index is -2.47. The van der Waals surface area contributed by atoms with Crippen LogP contribution in [0.3, 0.4) is 0 Å². The zero-order chi connectivity index (χ0) is 19.0. The van der Waals surface area contributed by atoms with Gasteiger partial charge in [-0.25, -0.2) is 9.49 Å². The molecule has 141 valence electrons. The Morgan fingerprint density at radius 3 is 2.63 bits per heavy atom. The third-order valence-electron chi connectivity index (χ3n) is 5.31. The fourth-order valence-electron chi connectivity index (χ4n) is 3.62. The van der Waals surface area contributed by atoms with E-state index in [1.165, 1.54) is 6.07 Å². The number of nitrogens with zero attached hydrogens (tertiary/aromatic N) is 2. The summed E-state index contributed by atoms with van der Waals surface area (Å²) >= 11 is 0. The lowest BCUT2D eigenvalue weighted by molar-refractivity contribution is 0.356. The molecule has 2 heterocycles. The minimum absolute atomic E-state index is 0.222. The van der Waals surface area contributed by atoms with Crippen molar-refractivity contribution in [3.63, 3.8) is 0 Å². The first kappa shape index (κ1) is 18.2. The van der Waals surface area contributed by atoms with E-state index in [0.717, 1.165) is 29.7 Å². The number of aromatic nitrogens is 2. The number of halogens is 1. The maximum atomic E-state index is 14.5. The molecule has 2 N–H and O–H groups in total. The summed E-state index contributed by atoms with van der Waals surface area (Å²) in [5, 5.41) is 8.58. The SMILES string of the molecule is CN1CC[P](O)(c2cc(Cc3n[nH]c(=O)c4ccccc34)ccc2F)CC1. The lowest BCUT2D eigenvalue weighted by Gasteiger charge is -2.38. The number of aromatic amines is 1. The van der Waals surface area contributed by atoms with Crippen molar-refractivity contribution in [3.05, 3.63) is 69.9 Å². The fourth-order valence-corrected chi connectivity index (χ4v) is 6.55. The summed E-state index contributed by atoms with van der Waals surface area (Å²) < 4.78 is 14.5. The standard InChI is InChI=1S/C20H22FN3O2P/c1-24-8-10-27(26,11-9-24)19-13-14(6-7-17(19)21)12-18-15-4-2-3-5-16(15)20(25)23-22-18/h2-7,13,26H,8-12H2,1H3,(H,23,25). The predicted octanol–water partition coefficient (Wildman–Crippen LogP) is 2.15. The van der Waals surface area contributed by atoms with E-state index in [2.05, 4.69) is 15.1 Å². The van der Waals surface area contributed by atoms with Gasteiger partial charge in [0.15, 0.2) is 0 Å². The lowest BCUT2D eigenvalue weighted by atomic mass is 10.0. The van der Waals surface area contributed by atoms with Crippen LogP contribution in [-0.4, -0.2) is 52.5 Å². The Kier molecular flexibility index (Phi) is 4.81. The molecule has 1 aliphatic heterocycles. The largest absolute Gasteiger partial charge is 0.375 e. The molecule has 2 aromatic carbocycles. The van der Waals surface area contributed by atoms with Crippen LogP contribution in [0, 0.1) is 5.82 Å². The average molecular weight is 386 g/mol. The highest BCUT2D eigenvalue weighted by molar-refractivity contribution is 7.77. The van der Waals surface area contributed by atoms with Crippen LogP contribution >= 0.6 is 7.49 Å². The topological polar surface area (TPSA) is 69.2 Å². The van der Waals surface area contributed by atoms with Gasteiger partial charge in [0.05, 0.1) is 11.1 Å². The van der Waals surface area contributed by atoms with Crippen LogP contribution in [-0.2, 0) is 6.42 Å². The summed E-state index contributed by atoms with van der Waals surface area (Å²) in [4.78, 5) is 25.2. The molecule has 7 heteroatoms. The van der Waals surface area contributed by atoms with Crippen molar-refractivity contribution in [2.24, 2.45) is 0 Å². The van der Waals surface area contributed by atoms with Gasteiger partial charge in [0.25, 0.3) is 5.56 Å². The Hall–Kier alpha value is -2.14. The van der Waals surface area contributed by atoms with Crippen molar-refractivity contribution in [1.82, 2.24) is 15.1 Å². The van der Waals surface area contributed by atoms with E-state index in [9.17, 15) is 14.1 Å². The van der Waals surface area contributed by atoms with Crippen LogP contribution in [0.25, 0.3) is 10.8 Å². The molecule has 3 aromatic rings. The van der Waals surface area contributed by atoms with E-state index in [4.69, 9.17) is 0 Å². The maximum Gasteiger partial charge on any atom is 0.272 e. The van der Waals surface area contributed by atoms with Gasteiger partial charge in [-0.1, -0.05) is 24.3 Å². The van der Waals surface area contributed by atoms with Crippen molar-refractivity contribution in [2.45, 2.75) is 6.42 Å². The highest BCUT2D eigenvalue weighted by atomic mass is 31.2. The van der Waals surface area contributed by atoms with Crippen LogP contribution in [0.2, 0.25) is 0 Å². The summed E-state index contributed by atoms with van der Waals surface area (Å²) in [6.45, 7) is 1.56. The van der Waals surface area contributed by atoms with Crippen LogP contribution in [0.5, 0.6) is 0 Å². The monoisotopic (exact) mass is 386 g/mol. The molecule has 1 radical (unpaired) electrons. The van der Waals surface area contributed by atoms with Crippen LogP contribution in [0.15, 0.2) is 47.3 Å². The summed E-state index contributed by atoms with van der Waals surface area (Å²) in [6, 6.07) is 12.3. The summed E-state index contributed by atoms with van der Waals surface area (Å²) in [5.41, 5.74) is 1.39. The molecule has 0 spiro atoms. The molecule has 4 rings (SSSR count). The third-order valence-corrected chi connectivity index (χ3v) is 8.43. The Balaban J connectivity index is 1.71. The molecule has 27 heavy (non-hydrogen) atoms. The molecule has 1 aliphatic rings. The smallest absolute Gasteiger partial charge is 0.272 e. The second-order valence-corrected chi connectivity index (χ2v) is 10.4. The molecule has 1 saturated heterocycles. The van der Waals surface area contributed by atoms with Gasteiger partial charge >= 0.3 is 0 Å². The molecular formula is C20H22FN3O2P. The molecular weight excluding hydrogens is 364 g/mol. The molecule has 1 aromatic heterocycles. The zero-order valence-corrected chi connectivity index (χ0v) is 16.0. The number of hydrogen-bond donors (Lipinski definition) is 2. The Bertz CT molecular complexity index is 1040. The van der Waals surface area contributed by atoms with Crippen molar-refractivity contribution in [2.75, 3.05) is 32.5 Å². The van der Waals surface area contributed by atoms with Crippen molar-refractivity contribution >= 4 is 23.6 Å².